The molecule has 1 heterocycles. The van der Waals surface area contributed by atoms with Crippen molar-refractivity contribution < 1.29 is 14.1 Å². The lowest BCUT2D eigenvalue weighted by atomic mass is 10.2. The first-order valence-electron chi connectivity index (χ1n) is 7.05. The molecule has 0 fully saturated rings. The predicted molar refractivity (Wildman–Crippen MR) is 97.9 cm³/mol. The summed E-state index contributed by atoms with van der Waals surface area (Å²) in [6.07, 6.45) is 0. The summed E-state index contributed by atoms with van der Waals surface area (Å²) in [7, 11) is 0. The van der Waals surface area contributed by atoms with E-state index in [9.17, 15) is 14.9 Å². The summed E-state index contributed by atoms with van der Waals surface area (Å²) < 4.78 is 6.49. The standard InChI is InChI=1S/C17H10BrClN2O4/c18-11-3-1-10(2-4-11)15-7-8-16(25-15)17(22)20-12-5-6-13(19)14(9-12)21(23)24/h1-9H,(H,20,22). The number of amides is 1. The lowest BCUT2D eigenvalue weighted by molar-refractivity contribution is -0.384. The molecule has 1 N–H and O–H groups in total. The van der Waals surface area contributed by atoms with E-state index in [0.717, 1.165) is 10.0 Å². The molecule has 3 rings (SSSR count). The monoisotopic (exact) mass is 420 g/mol. The highest BCUT2D eigenvalue weighted by Crippen LogP contribution is 2.28. The van der Waals surface area contributed by atoms with Crippen LogP contribution in [0.2, 0.25) is 5.02 Å². The van der Waals surface area contributed by atoms with Gasteiger partial charge in [0.05, 0.1) is 4.92 Å². The smallest absolute Gasteiger partial charge is 0.291 e. The first-order valence-corrected chi connectivity index (χ1v) is 8.22. The molecule has 0 atom stereocenters. The van der Waals surface area contributed by atoms with Gasteiger partial charge in [-0.25, -0.2) is 0 Å². The molecule has 0 saturated carbocycles. The number of halogens is 2. The molecule has 0 aliphatic rings. The average Bonchev–Trinajstić information content (AvgIpc) is 3.07. The number of benzene rings is 2. The van der Waals surface area contributed by atoms with E-state index in [1.165, 1.54) is 24.3 Å². The maximum Gasteiger partial charge on any atom is 0.291 e. The maximum atomic E-state index is 12.3. The van der Waals surface area contributed by atoms with Crippen LogP contribution in [-0.4, -0.2) is 10.8 Å². The molecule has 8 heteroatoms. The van der Waals surface area contributed by atoms with Crippen LogP contribution >= 0.6 is 27.5 Å². The number of hydrogen-bond acceptors (Lipinski definition) is 4. The molecule has 3 aromatic rings. The first-order chi connectivity index (χ1) is 11.9. The van der Waals surface area contributed by atoms with E-state index in [4.69, 9.17) is 16.0 Å². The van der Waals surface area contributed by atoms with Crippen molar-refractivity contribution in [3.63, 3.8) is 0 Å². The van der Waals surface area contributed by atoms with Crippen molar-refractivity contribution in [3.8, 4) is 11.3 Å². The zero-order valence-corrected chi connectivity index (χ0v) is 14.9. The summed E-state index contributed by atoms with van der Waals surface area (Å²) in [5, 5.41) is 13.5. The van der Waals surface area contributed by atoms with Gasteiger partial charge in [-0.2, -0.15) is 0 Å². The lowest BCUT2D eigenvalue weighted by Gasteiger charge is -2.04. The minimum Gasteiger partial charge on any atom is -0.451 e. The van der Waals surface area contributed by atoms with Crippen LogP contribution in [0.1, 0.15) is 10.6 Å². The third-order valence-electron chi connectivity index (χ3n) is 3.36. The molecule has 2 aromatic carbocycles. The van der Waals surface area contributed by atoms with Crippen molar-refractivity contribution in [2.75, 3.05) is 5.32 Å². The van der Waals surface area contributed by atoms with Crippen LogP contribution in [0.5, 0.6) is 0 Å². The second-order valence-corrected chi connectivity index (χ2v) is 6.37. The molecule has 1 amide bonds. The van der Waals surface area contributed by atoms with Gasteiger partial charge in [0, 0.05) is 21.8 Å². The van der Waals surface area contributed by atoms with Gasteiger partial charge in [0.25, 0.3) is 11.6 Å². The molecule has 0 spiro atoms. The molecule has 0 aliphatic carbocycles. The normalized spacial score (nSPS) is 10.5. The van der Waals surface area contributed by atoms with Crippen LogP contribution in [-0.2, 0) is 0 Å². The Balaban J connectivity index is 1.79. The predicted octanol–water partition coefficient (Wildman–Crippen LogP) is 5.52. The van der Waals surface area contributed by atoms with Gasteiger partial charge in [-0.3, -0.25) is 14.9 Å². The number of rotatable bonds is 4. The number of nitrogens with zero attached hydrogens (tertiary/aromatic N) is 1. The Kier molecular flexibility index (Phi) is 4.87. The maximum absolute atomic E-state index is 12.3. The molecule has 0 bridgehead atoms. The van der Waals surface area contributed by atoms with E-state index in [0.29, 0.717) is 5.76 Å². The largest absolute Gasteiger partial charge is 0.451 e. The number of furan rings is 1. The molecular formula is C17H10BrClN2O4. The van der Waals surface area contributed by atoms with E-state index in [-0.39, 0.29) is 22.2 Å². The topological polar surface area (TPSA) is 85.4 Å². The van der Waals surface area contributed by atoms with Gasteiger partial charge in [0.1, 0.15) is 10.8 Å². The molecule has 1 aromatic heterocycles. The number of anilines is 1. The van der Waals surface area contributed by atoms with E-state index >= 15 is 0 Å². The van der Waals surface area contributed by atoms with Crippen molar-refractivity contribution in [1.29, 1.82) is 0 Å². The number of nitro benzene ring substituents is 1. The fourth-order valence-electron chi connectivity index (χ4n) is 2.15. The van der Waals surface area contributed by atoms with E-state index in [1.807, 2.05) is 24.3 Å². The number of carbonyl (C=O) groups excluding carboxylic acids is 1. The quantitative estimate of drug-likeness (QED) is 0.444. The Morgan fingerprint density at radius 3 is 2.52 bits per heavy atom. The van der Waals surface area contributed by atoms with Crippen LogP contribution in [0.15, 0.2) is 63.5 Å². The Morgan fingerprint density at radius 1 is 1.12 bits per heavy atom. The van der Waals surface area contributed by atoms with Gasteiger partial charge < -0.3 is 9.73 Å². The van der Waals surface area contributed by atoms with Crippen molar-refractivity contribution in [3.05, 3.63) is 80.0 Å². The molecule has 25 heavy (non-hydrogen) atoms. The minimum absolute atomic E-state index is 0.00137. The van der Waals surface area contributed by atoms with Gasteiger partial charge >= 0.3 is 0 Å². The summed E-state index contributed by atoms with van der Waals surface area (Å²) in [6, 6.07) is 14.7. The number of carbonyl (C=O) groups is 1. The molecule has 126 valence electrons. The molecule has 6 nitrogen and oxygen atoms in total. The van der Waals surface area contributed by atoms with Gasteiger partial charge in [-0.15, -0.1) is 0 Å². The van der Waals surface area contributed by atoms with E-state index in [2.05, 4.69) is 21.2 Å². The zero-order chi connectivity index (χ0) is 18.0. The zero-order valence-electron chi connectivity index (χ0n) is 12.5. The van der Waals surface area contributed by atoms with Crippen molar-refractivity contribution in [2.24, 2.45) is 0 Å². The first kappa shape index (κ1) is 17.2. The summed E-state index contributed by atoms with van der Waals surface area (Å²) >= 11 is 9.10. The molecule has 0 radical (unpaired) electrons. The second-order valence-electron chi connectivity index (χ2n) is 5.05. The minimum atomic E-state index is -0.615. The van der Waals surface area contributed by atoms with Crippen molar-refractivity contribution in [1.82, 2.24) is 0 Å². The SMILES string of the molecule is O=C(Nc1ccc(Cl)c([N+](=O)[O-])c1)c1ccc(-c2ccc(Br)cc2)o1. The Labute approximate surface area is 155 Å². The summed E-state index contributed by atoms with van der Waals surface area (Å²) in [4.78, 5) is 22.5. The molecule has 0 saturated heterocycles. The lowest BCUT2D eigenvalue weighted by Crippen LogP contribution is -2.11. The Morgan fingerprint density at radius 2 is 1.84 bits per heavy atom. The highest BCUT2D eigenvalue weighted by Gasteiger charge is 2.16. The van der Waals surface area contributed by atoms with Crippen LogP contribution in [0.25, 0.3) is 11.3 Å². The van der Waals surface area contributed by atoms with Crippen LogP contribution < -0.4 is 5.32 Å². The highest BCUT2D eigenvalue weighted by atomic mass is 79.9. The van der Waals surface area contributed by atoms with Gasteiger partial charge in [-0.05, 0) is 36.4 Å². The number of hydrogen-bond donors (Lipinski definition) is 1. The molecular weight excluding hydrogens is 412 g/mol. The number of nitrogens with one attached hydrogen (secondary N) is 1. The second kappa shape index (κ2) is 7.08. The van der Waals surface area contributed by atoms with Gasteiger partial charge in [0.15, 0.2) is 5.76 Å². The van der Waals surface area contributed by atoms with Crippen LogP contribution in [0, 0.1) is 10.1 Å². The Bertz CT molecular complexity index is 954. The van der Waals surface area contributed by atoms with Crippen molar-refractivity contribution >= 4 is 44.8 Å². The number of nitro groups is 1. The Hall–Kier alpha value is -2.64. The van der Waals surface area contributed by atoms with E-state index in [1.54, 1.807) is 6.07 Å². The molecule has 0 unspecified atom stereocenters. The molecule has 0 aliphatic heterocycles. The van der Waals surface area contributed by atoms with Gasteiger partial charge in [-0.1, -0.05) is 39.7 Å². The van der Waals surface area contributed by atoms with Gasteiger partial charge in [0.2, 0.25) is 0 Å². The average molecular weight is 422 g/mol. The van der Waals surface area contributed by atoms with Crippen molar-refractivity contribution in [2.45, 2.75) is 0 Å². The fraction of sp³-hybridized carbons (Fsp3) is 0. The van der Waals surface area contributed by atoms with Crippen LogP contribution in [0.3, 0.4) is 0 Å². The highest BCUT2D eigenvalue weighted by molar-refractivity contribution is 9.10. The summed E-state index contributed by atoms with van der Waals surface area (Å²) in [5.74, 6) is 0.121. The fourth-order valence-corrected chi connectivity index (χ4v) is 2.60. The van der Waals surface area contributed by atoms with E-state index < -0.39 is 10.8 Å². The third kappa shape index (κ3) is 3.89. The third-order valence-corrected chi connectivity index (χ3v) is 4.21. The summed E-state index contributed by atoms with van der Waals surface area (Å²) in [6.45, 7) is 0. The van der Waals surface area contributed by atoms with Crippen LogP contribution in [0.4, 0.5) is 11.4 Å². The summed E-state index contributed by atoms with van der Waals surface area (Å²) in [5.41, 5.74) is 0.793.